The van der Waals surface area contributed by atoms with Crippen LogP contribution in [-0.4, -0.2) is 111 Å². The van der Waals surface area contributed by atoms with Crippen molar-refractivity contribution in [1.29, 1.82) is 0 Å². The summed E-state index contributed by atoms with van der Waals surface area (Å²) < 4.78 is 44.7. The number of aromatic nitrogens is 2. The largest absolute Gasteiger partial charge is 0.478 e. The third-order valence-electron chi connectivity index (χ3n) is 8.73. The van der Waals surface area contributed by atoms with E-state index in [1.807, 2.05) is 18.7 Å². The molecular weight excluding hydrogens is 607 g/mol. The van der Waals surface area contributed by atoms with Crippen molar-refractivity contribution in [2.45, 2.75) is 64.3 Å². The van der Waals surface area contributed by atoms with Crippen LogP contribution in [0.1, 0.15) is 65.6 Å². The fourth-order valence-corrected chi connectivity index (χ4v) is 6.07. The van der Waals surface area contributed by atoms with Gasteiger partial charge in [0.15, 0.2) is 0 Å². The minimum absolute atomic E-state index is 0.000198. The van der Waals surface area contributed by atoms with Gasteiger partial charge in [0.25, 0.3) is 5.91 Å². The average Bonchev–Trinajstić information content (AvgIpc) is 2.99. The van der Waals surface area contributed by atoms with E-state index in [-0.39, 0.29) is 23.5 Å². The molecule has 2 aliphatic rings. The number of carbonyl (C=O) groups is 3. The van der Waals surface area contributed by atoms with Gasteiger partial charge >= 0.3 is 18.1 Å². The topological polar surface area (TPSA) is 136 Å². The summed E-state index contributed by atoms with van der Waals surface area (Å²) in [6, 6.07) is 5.52. The molecule has 2 saturated heterocycles. The highest BCUT2D eigenvalue weighted by molar-refractivity contribution is 5.96. The fraction of sp³-hybridized carbons (Fsp3) is 0.531. The van der Waals surface area contributed by atoms with E-state index in [0.717, 1.165) is 50.2 Å². The molecule has 252 valence electrons. The van der Waals surface area contributed by atoms with Gasteiger partial charge in [-0.25, -0.2) is 19.6 Å². The fourth-order valence-electron chi connectivity index (χ4n) is 6.07. The van der Waals surface area contributed by atoms with Crippen LogP contribution in [-0.2, 0) is 20.5 Å². The Morgan fingerprint density at radius 3 is 2.00 bits per heavy atom. The minimum atomic E-state index is -4.35. The highest BCUT2D eigenvalue weighted by atomic mass is 19.4. The number of carboxylic acid groups (broad SMARTS) is 2. The number of carbonyl (C=O) groups excluding carboxylic acids is 1. The van der Waals surface area contributed by atoms with Gasteiger partial charge in [-0.3, -0.25) is 14.6 Å². The number of piperazine rings is 1. The number of benzene rings is 1. The number of hydrogen-bond acceptors (Lipinski definition) is 8. The van der Waals surface area contributed by atoms with Gasteiger partial charge in [0, 0.05) is 63.6 Å². The van der Waals surface area contributed by atoms with Gasteiger partial charge in [-0.1, -0.05) is 12.1 Å². The molecular formula is C32H42F3N5O6. The van der Waals surface area contributed by atoms with Crippen LogP contribution >= 0.6 is 0 Å². The first kappa shape index (κ1) is 36.6. The van der Waals surface area contributed by atoms with Gasteiger partial charge in [0.2, 0.25) is 0 Å². The monoisotopic (exact) mass is 649 g/mol. The Kier molecular flexibility index (Phi) is 12.4. The first-order chi connectivity index (χ1) is 21.6. The summed E-state index contributed by atoms with van der Waals surface area (Å²) in [6.45, 7) is 12.4. The lowest BCUT2D eigenvalue weighted by atomic mass is 9.86. The van der Waals surface area contributed by atoms with Crippen LogP contribution in [0, 0.1) is 13.8 Å². The summed E-state index contributed by atoms with van der Waals surface area (Å²) in [7, 11) is 1.62. The summed E-state index contributed by atoms with van der Waals surface area (Å²) in [6.07, 6.45) is 0.000613. The molecule has 1 aromatic heterocycles. The molecule has 0 unspecified atom stereocenters. The Labute approximate surface area is 266 Å². The maximum atomic E-state index is 13.2. The third kappa shape index (κ3) is 9.33. The van der Waals surface area contributed by atoms with Crippen molar-refractivity contribution in [2.75, 3.05) is 46.4 Å². The first-order valence-electron chi connectivity index (χ1n) is 15.0. The quantitative estimate of drug-likeness (QED) is 0.400. The molecule has 0 bridgehead atoms. The molecule has 3 heterocycles. The Morgan fingerprint density at radius 1 is 1.00 bits per heavy atom. The van der Waals surface area contributed by atoms with Crippen molar-refractivity contribution < 1.29 is 42.5 Å². The zero-order chi connectivity index (χ0) is 34.2. The number of ether oxygens (including phenoxy) is 1. The lowest BCUT2D eigenvalue weighted by Gasteiger charge is -2.52. The molecule has 0 aliphatic carbocycles. The molecule has 14 heteroatoms. The van der Waals surface area contributed by atoms with E-state index in [4.69, 9.17) is 14.9 Å². The van der Waals surface area contributed by atoms with Crippen molar-refractivity contribution in [3.63, 3.8) is 0 Å². The van der Waals surface area contributed by atoms with Crippen LogP contribution in [0.2, 0.25) is 0 Å². The molecule has 2 N–H and O–H groups in total. The second-order valence-corrected chi connectivity index (χ2v) is 11.8. The molecule has 0 spiro atoms. The maximum absolute atomic E-state index is 13.2. The zero-order valence-corrected chi connectivity index (χ0v) is 26.8. The molecule has 2 atom stereocenters. The number of halogens is 3. The lowest BCUT2D eigenvalue weighted by Crippen LogP contribution is -2.62. The van der Waals surface area contributed by atoms with Crippen LogP contribution in [0.4, 0.5) is 13.2 Å². The number of carboxylic acids is 2. The minimum Gasteiger partial charge on any atom is -0.478 e. The van der Waals surface area contributed by atoms with Crippen LogP contribution in [0.25, 0.3) is 0 Å². The molecule has 0 saturated carbocycles. The number of alkyl halides is 3. The van der Waals surface area contributed by atoms with E-state index in [9.17, 15) is 27.6 Å². The summed E-state index contributed by atoms with van der Waals surface area (Å²) >= 11 is 0. The Bertz CT molecular complexity index is 1360. The molecule has 2 fully saturated rings. The van der Waals surface area contributed by atoms with Gasteiger partial charge in [-0.2, -0.15) is 13.2 Å². The number of amides is 1. The Morgan fingerprint density at radius 2 is 1.54 bits per heavy atom. The SMILES string of the molecule is COC[C@@H](c1ccc(C(F)(F)F)cc1)N1CCN(C2(C)CCN(C(=O)c3c(C)ncnc3C)CC2)C[C@@H]1C.O=C(O)/C=C/C(=O)O. The van der Waals surface area contributed by atoms with Gasteiger partial charge in [0.05, 0.1) is 35.2 Å². The van der Waals surface area contributed by atoms with E-state index in [0.29, 0.717) is 48.8 Å². The number of likely N-dealkylation sites (tertiary alicyclic amines) is 1. The molecule has 11 nitrogen and oxygen atoms in total. The molecule has 1 aromatic carbocycles. The van der Waals surface area contributed by atoms with Gasteiger partial charge in [-0.15, -0.1) is 0 Å². The summed E-state index contributed by atoms with van der Waals surface area (Å²) in [5.41, 5.74) is 2.18. The number of nitrogens with zero attached hydrogens (tertiary/aromatic N) is 5. The van der Waals surface area contributed by atoms with Crippen molar-refractivity contribution in [2.24, 2.45) is 0 Å². The summed E-state index contributed by atoms with van der Waals surface area (Å²) in [4.78, 5) is 47.5. The zero-order valence-electron chi connectivity index (χ0n) is 26.8. The first-order valence-corrected chi connectivity index (χ1v) is 15.0. The number of methoxy groups -OCH3 is 1. The predicted octanol–water partition coefficient (Wildman–Crippen LogP) is 4.21. The molecule has 2 aromatic rings. The number of piperidine rings is 1. The average molecular weight is 650 g/mol. The highest BCUT2D eigenvalue weighted by Gasteiger charge is 2.41. The van der Waals surface area contributed by atoms with E-state index in [1.54, 1.807) is 19.2 Å². The van der Waals surface area contributed by atoms with Crippen LogP contribution in [0.5, 0.6) is 0 Å². The second-order valence-electron chi connectivity index (χ2n) is 11.8. The number of aliphatic carboxylic acids is 2. The van der Waals surface area contributed by atoms with Crippen LogP contribution in [0.3, 0.4) is 0 Å². The van der Waals surface area contributed by atoms with Crippen molar-refractivity contribution in [1.82, 2.24) is 24.7 Å². The Balaban J connectivity index is 0.000000637. The van der Waals surface area contributed by atoms with Gasteiger partial charge < -0.3 is 19.8 Å². The number of aryl methyl sites for hydroxylation is 2. The lowest BCUT2D eigenvalue weighted by molar-refractivity contribution is -0.137. The molecule has 2 aliphatic heterocycles. The summed E-state index contributed by atoms with van der Waals surface area (Å²) in [5, 5.41) is 15.6. The molecule has 0 radical (unpaired) electrons. The predicted molar refractivity (Wildman–Crippen MR) is 163 cm³/mol. The van der Waals surface area contributed by atoms with Gasteiger partial charge in [0.1, 0.15) is 6.33 Å². The van der Waals surface area contributed by atoms with Crippen LogP contribution in [0.15, 0.2) is 42.7 Å². The van der Waals surface area contributed by atoms with E-state index in [2.05, 4.69) is 33.6 Å². The maximum Gasteiger partial charge on any atom is 0.416 e. The molecule has 1 amide bonds. The Hall–Kier alpha value is -3.88. The van der Waals surface area contributed by atoms with Crippen molar-refractivity contribution in [3.05, 3.63) is 70.8 Å². The number of hydrogen-bond donors (Lipinski definition) is 2. The number of rotatable bonds is 8. The normalized spacial score (nSPS) is 19.7. The van der Waals surface area contributed by atoms with Crippen LogP contribution < -0.4 is 0 Å². The van der Waals surface area contributed by atoms with E-state index >= 15 is 0 Å². The molecule has 46 heavy (non-hydrogen) atoms. The van der Waals surface area contributed by atoms with E-state index < -0.39 is 23.7 Å². The summed E-state index contributed by atoms with van der Waals surface area (Å²) in [5.74, 6) is -2.51. The highest BCUT2D eigenvalue weighted by Crippen LogP contribution is 2.35. The third-order valence-corrected chi connectivity index (χ3v) is 8.73. The van der Waals surface area contributed by atoms with Crippen molar-refractivity contribution in [3.8, 4) is 0 Å². The second kappa shape index (κ2) is 15.6. The van der Waals surface area contributed by atoms with E-state index in [1.165, 1.54) is 6.33 Å². The smallest absolute Gasteiger partial charge is 0.416 e. The van der Waals surface area contributed by atoms with Crippen molar-refractivity contribution >= 4 is 17.8 Å². The van der Waals surface area contributed by atoms with Gasteiger partial charge in [-0.05, 0) is 58.2 Å². The molecule has 4 rings (SSSR count). The standard InChI is InChI=1S/C28H38F3N5O2.C4H4O4/c1-19-16-35(14-15-36(19)24(17-38-5)22-6-8-23(9-7-22)28(29,30)31)27(4)10-12-34(13-11-27)26(37)25-20(2)32-18-33-21(25)3;5-3(6)1-2-4(7)8/h6-9,18-19,24H,10-17H2,1-5H3;1-2H,(H,5,6)(H,7,8)/b;2-1+/t19-,24-;/m0./s1.